The molecule has 0 bridgehead atoms. The van der Waals surface area contributed by atoms with E-state index in [0.717, 1.165) is 11.3 Å². The Hall–Kier alpha value is -1.94. The summed E-state index contributed by atoms with van der Waals surface area (Å²) in [5.74, 6) is 0.324. The van der Waals surface area contributed by atoms with E-state index in [-0.39, 0.29) is 11.8 Å². The highest BCUT2D eigenvalue weighted by molar-refractivity contribution is 5.34. The normalized spacial score (nSPS) is 12.5. The van der Waals surface area contributed by atoms with Crippen molar-refractivity contribution >= 4 is 0 Å². The molecule has 1 atom stereocenters. The van der Waals surface area contributed by atoms with E-state index in [1.165, 1.54) is 12.3 Å². The first kappa shape index (κ1) is 13.5. The van der Waals surface area contributed by atoms with Crippen molar-refractivity contribution in [3.05, 3.63) is 59.7 Å². The zero-order valence-electron chi connectivity index (χ0n) is 11.0. The Kier molecular flexibility index (Phi) is 4.12. The monoisotopic (exact) mass is 260 g/mol. The average molecular weight is 260 g/mol. The van der Waals surface area contributed by atoms with E-state index >= 15 is 0 Å². The van der Waals surface area contributed by atoms with Gasteiger partial charge in [0.05, 0.1) is 17.8 Å². The lowest BCUT2D eigenvalue weighted by Gasteiger charge is -2.15. The summed E-state index contributed by atoms with van der Waals surface area (Å²) in [5.41, 5.74) is 7.07. The summed E-state index contributed by atoms with van der Waals surface area (Å²) in [7, 11) is 0. The van der Waals surface area contributed by atoms with Crippen molar-refractivity contribution in [1.29, 1.82) is 0 Å². The van der Waals surface area contributed by atoms with Gasteiger partial charge >= 0.3 is 0 Å². The van der Waals surface area contributed by atoms with Crippen molar-refractivity contribution in [3.63, 3.8) is 0 Å². The molecule has 0 saturated carbocycles. The fraction of sp³-hybridized carbons (Fsp3) is 0.267. The number of rotatable bonds is 4. The van der Waals surface area contributed by atoms with Crippen LogP contribution in [-0.4, -0.2) is 11.1 Å². The zero-order chi connectivity index (χ0) is 13.8. The number of hydrogen-bond acceptors (Lipinski definition) is 3. The molecule has 0 amide bonds. The molecular weight excluding hydrogens is 243 g/mol. The van der Waals surface area contributed by atoms with E-state index in [2.05, 4.69) is 4.98 Å². The van der Waals surface area contributed by atoms with Crippen molar-refractivity contribution in [3.8, 4) is 5.75 Å². The molecule has 1 aromatic carbocycles. The molecule has 100 valence electrons. The lowest BCUT2D eigenvalue weighted by atomic mass is 10.0. The van der Waals surface area contributed by atoms with Crippen molar-refractivity contribution in [1.82, 2.24) is 4.98 Å². The van der Waals surface area contributed by atoms with Gasteiger partial charge in [-0.25, -0.2) is 4.39 Å². The number of benzene rings is 1. The molecule has 1 aromatic heterocycles. The molecule has 0 saturated heterocycles. The van der Waals surface area contributed by atoms with Crippen LogP contribution in [0.2, 0.25) is 0 Å². The molecule has 4 heteroatoms. The van der Waals surface area contributed by atoms with Crippen LogP contribution in [0.4, 0.5) is 4.39 Å². The lowest BCUT2D eigenvalue weighted by Crippen LogP contribution is -2.15. The number of nitrogens with zero attached hydrogens (tertiary/aromatic N) is 1. The molecule has 19 heavy (non-hydrogen) atoms. The maximum absolute atomic E-state index is 13.7. The summed E-state index contributed by atoms with van der Waals surface area (Å²) < 4.78 is 19.3. The first-order chi connectivity index (χ1) is 9.08. The molecular formula is C15H17FN2O. The first-order valence-corrected chi connectivity index (χ1v) is 6.20. The van der Waals surface area contributed by atoms with Gasteiger partial charge in [0.25, 0.3) is 0 Å². The maximum Gasteiger partial charge on any atom is 0.146 e. The molecule has 2 N–H and O–H groups in total. The van der Waals surface area contributed by atoms with Crippen LogP contribution in [0.15, 0.2) is 42.6 Å². The van der Waals surface area contributed by atoms with E-state index in [9.17, 15) is 4.39 Å². The molecule has 0 spiro atoms. The number of halogens is 1. The molecule has 0 aliphatic rings. The molecule has 2 aromatic rings. The molecule has 0 radical (unpaired) electrons. The standard InChI is InChI=1S/C15H17FN2O/c1-10(2)19-12-6-3-5-11(9-12)14(17)15-13(16)7-4-8-18-15/h3-10,14H,17H2,1-2H3. The third-order valence-electron chi connectivity index (χ3n) is 2.67. The molecule has 3 nitrogen and oxygen atoms in total. The van der Waals surface area contributed by atoms with Gasteiger partial charge in [0.2, 0.25) is 0 Å². The van der Waals surface area contributed by atoms with Crippen LogP contribution in [0.3, 0.4) is 0 Å². The predicted octanol–water partition coefficient (Wildman–Crippen LogP) is 3.06. The number of hydrogen-bond donors (Lipinski definition) is 1. The largest absolute Gasteiger partial charge is 0.491 e. The summed E-state index contributed by atoms with van der Waals surface area (Å²) in [6.07, 6.45) is 1.62. The second kappa shape index (κ2) is 5.80. The molecule has 1 unspecified atom stereocenters. The minimum absolute atomic E-state index is 0.0815. The number of aromatic nitrogens is 1. The van der Waals surface area contributed by atoms with Crippen molar-refractivity contribution in [2.75, 3.05) is 0 Å². The Balaban J connectivity index is 2.29. The van der Waals surface area contributed by atoms with Gasteiger partial charge in [-0.3, -0.25) is 4.98 Å². The van der Waals surface area contributed by atoms with Crippen LogP contribution in [0.1, 0.15) is 31.1 Å². The Bertz CT molecular complexity index is 557. The van der Waals surface area contributed by atoms with Gasteiger partial charge in [0, 0.05) is 6.20 Å². The summed E-state index contributed by atoms with van der Waals surface area (Å²) in [6, 6.07) is 9.65. The van der Waals surface area contributed by atoms with Crippen LogP contribution in [-0.2, 0) is 0 Å². The summed E-state index contributed by atoms with van der Waals surface area (Å²) in [6.45, 7) is 3.90. The summed E-state index contributed by atoms with van der Waals surface area (Å²) in [4.78, 5) is 4.00. The first-order valence-electron chi connectivity index (χ1n) is 6.20. The highest BCUT2D eigenvalue weighted by Gasteiger charge is 2.15. The second-order valence-corrected chi connectivity index (χ2v) is 4.59. The van der Waals surface area contributed by atoms with Crippen molar-refractivity contribution < 1.29 is 9.13 Å². The smallest absolute Gasteiger partial charge is 0.146 e. The van der Waals surface area contributed by atoms with Gasteiger partial charge in [-0.15, -0.1) is 0 Å². The highest BCUT2D eigenvalue weighted by Crippen LogP contribution is 2.24. The molecule has 1 heterocycles. The fourth-order valence-corrected chi connectivity index (χ4v) is 1.84. The number of nitrogens with two attached hydrogens (primary N) is 1. The van der Waals surface area contributed by atoms with Crippen molar-refractivity contribution in [2.24, 2.45) is 5.73 Å². The lowest BCUT2D eigenvalue weighted by molar-refractivity contribution is 0.242. The third-order valence-corrected chi connectivity index (χ3v) is 2.67. The van der Waals surface area contributed by atoms with E-state index in [1.807, 2.05) is 38.1 Å². The van der Waals surface area contributed by atoms with Gasteiger partial charge in [-0.1, -0.05) is 12.1 Å². The van der Waals surface area contributed by atoms with Crippen LogP contribution < -0.4 is 10.5 Å². The van der Waals surface area contributed by atoms with Crippen LogP contribution in [0.25, 0.3) is 0 Å². The minimum atomic E-state index is -0.600. The topological polar surface area (TPSA) is 48.1 Å². The van der Waals surface area contributed by atoms with E-state index in [4.69, 9.17) is 10.5 Å². The predicted molar refractivity (Wildman–Crippen MR) is 72.4 cm³/mol. The molecule has 0 aliphatic heterocycles. The number of pyridine rings is 1. The second-order valence-electron chi connectivity index (χ2n) is 4.59. The molecule has 0 aliphatic carbocycles. The summed E-state index contributed by atoms with van der Waals surface area (Å²) >= 11 is 0. The maximum atomic E-state index is 13.7. The Morgan fingerprint density at radius 2 is 2.00 bits per heavy atom. The van der Waals surface area contributed by atoms with Crippen LogP contribution >= 0.6 is 0 Å². The SMILES string of the molecule is CC(C)Oc1cccc(C(N)c2ncccc2F)c1. The fourth-order valence-electron chi connectivity index (χ4n) is 1.84. The van der Waals surface area contributed by atoms with Gasteiger partial charge in [0.1, 0.15) is 11.6 Å². The minimum Gasteiger partial charge on any atom is -0.491 e. The summed E-state index contributed by atoms with van der Waals surface area (Å²) in [5, 5.41) is 0. The van der Waals surface area contributed by atoms with E-state index in [1.54, 1.807) is 6.07 Å². The van der Waals surface area contributed by atoms with Gasteiger partial charge in [-0.05, 0) is 43.7 Å². The number of ether oxygens (including phenoxy) is 1. The van der Waals surface area contributed by atoms with Gasteiger partial charge in [-0.2, -0.15) is 0 Å². The average Bonchev–Trinajstić information content (AvgIpc) is 2.38. The van der Waals surface area contributed by atoms with Gasteiger partial charge in [0.15, 0.2) is 0 Å². The van der Waals surface area contributed by atoms with E-state index < -0.39 is 11.9 Å². The quantitative estimate of drug-likeness (QED) is 0.919. The van der Waals surface area contributed by atoms with Crippen LogP contribution in [0, 0.1) is 5.82 Å². The Morgan fingerprint density at radius 3 is 2.68 bits per heavy atom. The highest BCUT2D eigenvalue weighted by atomic mass is 19.1. The van der Waals surface area contributed by atoms with Crippen LogP contribution in [0.5, 0.6) is 5.75 Å². The Morgan fingerprint density at radius 1 is 1.21 bits per heavy atom. The van der Waals surface area contributed by atoms with E-state index in [0.29, 0.717) is 0 Å². The molecule has 0 fully saturated rings. The molecule has 2 rings (SSSR count). The van der Waals surface area contributed by atoms with Gasteiger partial charge < -0.3 is 10.5 Å². The zero-order valence-corrected chi connectivity index (χ0v) is 11.0. The van der Waals surface area contributed by atoms with Crippen molar-refractivity contribution in [2.45, 2.75) is 26.0 Å². The third kappa shape index (κ3) is 3.29. The Labute approximate surface area is 112 Å².